The summed E-state index contributed by atoms with van der Waals surface area (Å²) in [6.07, 6.45) is 12.3. The molecular weight excluding hydrogens is 300 g/mol. The van der Waals surface area contributed by atoms with Crippen molar-refractivity contribution in [2.45, 2.75) is 84.7 Å². The fraction of sp³-hybridized carbons (Fsp3) is 0.714. The highest BCUT2D eigenvalue weighted by Gasteiger charge is 2.03. The monoisotopic (exact) mass is 336 g/mol. The van der Waals surface area contributed by atoms with Gasteiger partial charge in [-0.15, -0.1) is 0 Å². The molecular formula is C21H36O3. The number of benzene rings is 1. The van der Waals surface area contributed by atoms with E-state index in [0.29, 0.717) is 0 Å². The van der Waals surface area contributed by atoms with Gasteiger partial charge in [-0.3, -0.25) is 0 Å². The van der Waals surface area contributed by atoms with E-state index in [9.17, 15) is 5.11 Å². The van der Waals surface area contributed by atoms with Crippen molar-refractivity contribution in [3.63, 3.8) is 0 Å². The highest BCUT2D eigenvalue weighted by atomic mass is 16.5. The Bertz CT molecular complexity index is 383. The van der Waals surface area contributed by atoms with Gasteiger partial charge in [0.05, 0.1) is 19.8 Å². The van der Waals surface area contributed by atoms with Gasteiger partial charge in [-0.05, 0) is 30.5 Å². The van der Waals surface area contributed by atoms with Crippen molar-refractivity contribution in [3.8, 4) is 11.5 Å². The maximum Gasteiger partial charge on any atom is 0.123 e. The predicted molar refractivity (Wildman–Crippen MR) is 101 cm³/mol. The fourth-order valence-corrected chi connectivity index (χ4v) is 2.68. The Hall–Kier alpha value is -1.22. The summed E-state index contributed by atoms with van der Waals surface area (Å²) in [6.45, 7) is 5.93. The third-order valence-electron chi connectivity index (χ3n) is 4.16. The van der Waals surface area contributed by atoms with Crippen LogP contribution in [0.15, 0.2) is 18.2 Å². The summed E-state index contributed by atoms with van der Waals surface area (Å²) in [5.74, 6) is 1.61. The van der Waals surface area contributed by atoms with Crippen molar-refractivity contribution < 1.29 is 14.6 Å². The smallest absolute Gasteiger partial charge is 0.123 e. The Morgan fingerprint density at radius 1 is 0.667 bits per heavy atom. The molecule has 0 radical (unpaired) electrons. The molecule has 0 saturated heterocycles. The first kappa shape index (κ1) is 20.8. The highest BCUT2D eigenvalue weighted by molar-refractivity contribution is 5.38. The summed E-state index contributed by atoms with van der Waals surface area (Å²) < 4.78 is 11.7. The zero-order chi connectivity index (χ0) is 17.5. The second kappa shape index (κ2) is 14.2. The molecule has 0 saturated carbocycles. The molecule has 0 amide bonds. The van der Waals surface area contributed by atoms with Crippen LogP contribution in [0.4, 0.5) is 0 Å². The standard InChI is InChI=1S/C21H36O3/c1-3-5-7-9-11-13-23-20-15-19(18-22)16-21(17-20)24-14-12-10-8-6-4-2/h15-17,22H,3-14,18H2,1-2H3. The summed E-state index contributed by atoms with van der Waals surface area (Å²) in [7, 11) is 0. The molecule has 138 valence electrons. The van der Waals surface area contributed by atoms with Gasteiger partial charge in [0.2, 0.25) is 0 Å². The number of hydrogen-bond donors (Lipinski definition) is 1. The molecule has 3 heteroatoms. The van der Waals surface area contributed by atoms with Crippen LogP contribution in [0.1, 0.15) is 83.6 Å². The zero-order valence-corrected chi connectivity index (χ0v) is 15.7. The van der Waals surface area contributed by atoms with E-state index in [-0.39, 0.29) is 6.61 Å². The minimum Gasteiger partial charge on any atom is -0.493 e. The predicted octanol–water partition coefficient (Wildman–Crippen LogP) is 5.88. The van der Waals surface area contributed by atoms with Crippen LogP contribution >= 0.6 is 0 Å². The van der Waals surface area contributed by atoms with Gasteiger partial charge in [0.15, 0.2) is 0 Å². The molecule has 0 bridgehead atoms. The van der Waals surface area contributed by atoms with Crippen molar-refractivity contribution in [2.75, 3.05) is 13.2 Å². The Morgan fingerprint density at radius 3 is 1.54 bits per heavy atom. The van der Waals surface area contributed by atoms with Crippen molar-refractivity contribution in [2.24, 2.45) is 0 Å². The van der Waals surface area contributed by atoms with Crippen LogP contribution in [0.5, 0.6) is 11.5 Å². The molecule has 0 heterocycles. The second-order valence-electron chi connectivity index (χ2n) is 6.50. The summed E-state index contributed by atoms with van der Waals surface area (Å²) in [5.41, 5.74) is 0.847. The van der Waals surface area contributed by atoms with E-state index in [1.54, 1.807) is 0 Å². The fourth-order valence-electron chi connectivity index (χ4n) is 2.68. The lowest BCUT2D eigenvalue weighted by atomic mass is 10.1. The van der Waals surface area contributed by atoms with Gasteiger partial charge >= 0.3 is 0 Å². The Kier molecular flexibility index (Phi) is 12.3. The normalized spacial score (nSPS) is 10.8. The Balaban J connectivity index is 2.34. The first-order valence-corrected chi connectivity index (χ1v) is 9.80. The van der Waals surface area contributed by atoms with Crippen LogP contribution in [-0.4, -0.2) is 18.3 Å². The number of unbranched alkanes of at least 4 members (excludes halogenated alkanes) is 8. The highest BCUT2D eigenvalue weighted by Crippen LogP contribution is 2.24. The molecule has 0 aliphatic rings. The van der Waals surface area contributed by atoms with Crippen LogP contribution in [0.3, 0.4) is 0 Å². The van der Waals surface area contributed by atoms with Crippen molar-refractivity contribution in [3.05, 3.63) is 23.8 Å². The van der Waals surface area contributed by atoms with E-state index in [2.05, 4.69) is 13.8 Å². The van der Waals surface area contributed by atoms with Gasteiger partial charge in [-0.2, -0.15) is 0 Å². The summed E-state index contributed by atoms with van der Waals surface area (Å²) in [5, 5.41) is 9.41. The lowest BCUT2D eigenvalue weighted by Gasteiger charge is -2.12. The number of ether oxygens (including phenoxy) is 2. The van der Waals surface area contributed by atoms with Crippen molar-refractivity contribution >= 4 is 0 Å². The second-order valence-corrected chi connectivity index (χ2v) is 6.50. The largest absolute Gasteiger partial charge is 0.493 e. The average Bonchev–Trinajstić information content (AvgIpc) is 2.61. The molecule has 0 aliphatic carbocycles. The summed E-state index contributed by atoms with van der Waals surface area (Å²) in [4.78, 5) is 0. The van der Waals surface area contributed by atoms with Gasteiger partial charge in [-0.25, -0.2) is 0 Å². The van der Waals surface area contributed by atoms with Crippen molar-refractivity contribution in [1.82, 2.24) is 0 Å². The van der Waals surface area contributed by atoms with Gasteiger partial charge < -0.3 is 14.6 Å². The Morgan fingerprint density at radius 2 is 1.12 bits per heavy atom. The molecule has 1 aromatic carbocycles. The van der Waals surface area contributed by atoms with Gasteiger partial charge in [0.1, 0.15) is 11.5 Å². The van der Waals surface area contributed by atoms with Gasteiger partial charge in [0, 0.05) is 6.07 Å². The van der Waals surface area contributed by atoms with E-state index >= 15 is 0 Å². The molecule has 3 nitrogen and oxygen atoms in total. The lowest BCUT2D eigenvalue weighted by molar-refractivity contribution is 0.271. The van der Waals surface area contributed by atoms with Crippen LogP contribution in [0, 0.1) is 0 Å². The summed E-state index contributed by atoms with van der Waals surface area (Å²) in [6, 6.07) is 5.75. The number of rotatable bonds is 15. The maximum absolute atomic E-state index is 9.41. The summed E-state index contributed by atoms with van der Waals surface area (Å²) >= 11 is 0. The lowest BCUT2D eigenvalue weighted by Crippen LogP contribution is -2.01. The minimum atomic E-state index is 0.0144. The minimum absolute atomic E-state index is 0.0144. The molecule has 1 N–H and O–H groups in total. The van der Waals surface area contributed by atoms with Gasteiger partial charge in [-0.1, -0.05) is 65.2 Å². The zero-order valence-electron chi connectivity index (χ0n) is 15.7. The SMILES string of the molecule is CCCCCCCOc1cc(CO)cc(OCCCCCCC)c1. The molecule has 0 aliphatic heterocycles. The maximum atomic E-state index is 9.41. The first-order valence-electron chi connectivity index (χ1n) is 9.80. The number of aliphatic hydroxyl groups excluding tert-OH is 1. The van der Waals surface area contributed by atoms with Crippen LogP contribution < -0.4 is 9.47 Å². The molecule has 0 atom stereocenters. The van der Waals surface area contributed by atoms with E-state index in [0.717, 1.165) is 43.1 Å². The van der Waals surface area contributed by atoms with Crippen LogP contribution in [-0.2, 0) is 6.61 Å². The molecule has 0 aromatic heterocycles. The third-order valence-corrected chi connectivity index (χ3v) is 4.16. The molecule has 1 rings (SSSR count). The number of aliphatic hydroxyl groups is 1. The van der Waals surface area contributed by atoms with E-state index in [4.69, 9.17) is 9.47 Å². The van der Waals surface area contributed by atoms with Crippen LogP contribution in [0.2, 0.25) is 0 Å². The van der Waals surface area contributed by atoms with E-state index in [1.165, 1.54) is 51.4 Å². The molecule has 0 unspecified atom stereocenters. The third kappa shape index (κ3) is 9.82. The van der Waals surface area contributed by atoms with Crippen molar-refractivity contribution in [1.29, 1.82) is 0 Å². The quantitative estimate of drug-likeness (QED) is 0.407. The molecule has 0 spiro atoms. The molecule has 1 aromatic rings. The average molecular weight is 337 g/mol. The molecule has 0 fully saturated rings. The van der Waals surface area contributed by atoms with Crippen LogP contribution in [0.25, 0.3) is 0 Å². The number of hydrogen-bond acceptors (Lipinski definition) is 3. The molecule has 24 heavy (non-hydrogen) atoms. The van der Waals surface area contributed by atoms with E-state index < -0.39 is 0 Å². The first-order chi connectivity index (χ1) is 11.8. The topological polar surface area (TPSA) is 38.7 Å². The Labute approximate surface area is 148 Å². The van der Waals surface area contributed by atoms with Gasteiger partial charge in [0.25, 0.3) is 0 Å². The van der Waals surface area contributed by atoms with E-state index in [1.807, 2.05) is 18.2 Å².